The standard InChI is InChI=1S/C10H10Cl2O/c1-6-3-4-8(11)5-9(6)10(12)7(2)13/h3-5,10H,1-2H3. The summed E-state index contributed by atoms with van der Waals surface area (Å²) in [5.41, 5.74) is 1.78. The number of benzene rings is 1. The summed E-state index contributed by atoms with van der Waals surface area (Å²) < 4.78 is 0. The van der Waals surface area contributed by atoms with Gasteiger partial charge in [-0.1, -0.05) is 17.7 Å². The summed E-state index contributed by atoms with van der Waals surface area (Å²) in [7, 11) is 0. The van der Waals surface area contributed by atoms with Crippen LogP contribution in [0, 0.1) is 6.92 Å². The Hall–Kier alpha value is -0.530. The molecule has 1 aromatic rings. The number of carbonyl (C=O) groups is 1. The van der Waals surface area contributed by atoms with Gasteiger partial charge in [-0.05, 0) is 37.1 Å². The van der Waals surface area contributed by atoms with Gasteiger partial charge in [0.05, 0.1) is 0 Å². The SMILES string of the molecule is CC(=O)C(Cl)c1cc(Cl)ccc1C. The van der Waals surface area contributed by atoms with E-state index in [1.165, 1.54) is 6.92 Å². The molecule has 0 aliphatic carbocycles. The maximum Gasteiger partial charge on any atom is 0.152 e. The van der Waals surface area contributed by atoms with Crippen LogP contribution >= 0.6 is 23.2 Å². The predicted molar refractivity (Wildman–Crippen MR) is 55.5 cm³/mol. The van der Waals surface area contributed by atoms with Crippen LogP contribution in [0.1, 0.15) is 23.4 Å². The van der Waals surface area contributed by atoms with Crippen molar-refractivity contribution in [3.8, 4) is 0 Å². The number of alkyl halides is 1. The molecule has 1 atom stereocenters. The second-order valence-corrected chi connectivity index (χ2v) is 3.85. The zero-order valence-corrected chi connectivity index (χ0v) is 8.99. The smallest absolute Gasteiger partial charge is 0.152 e. The largest absolute Gasteiger partial charge is 0.298 e. The number of aryl methyl sites for hydroxylation is 1. The van der Waals surface area contributed by atoms with Gasteiger partial charge in [-0.2, -0.15) is 0 Å². The molecule has 0 aromatic heterocycles. The van der Waals surface area contributed by atoms with Crippen molar-refractivity contribution >= 4 is 29.0 Å². The predicted octanol–water partition coefficient (Wildman–Crippen LogP) is 3.52. The number of rotatable bonds is 2. The minimum atomic E-state index is -0.585. The lowest BCUT2D eigenvalue weighted by Gasteiger charge is -2.09. The Bertz CT molecular complexity index is 334. The summed E-state index contributed by atoms with van der Waals surface area (Å²) >= 11 is 11.7. The Kier molecular flexibility index (Phi) is 3.34. The molecule has 1 rings (SSSR count). The highest BCUT2D eigenvalue weighted by atomic mass is 35.5. The molecule has 0 saturated carbocycles. The highest BCUT2D eigenvalue weighted by Gasteiger charge is 2.15. The molecular weight excluding hydrogens is 207 g/mol. The summed E-state index contributed by atoms with van der Waals surface area (Å²) in [4.78, 5) is 11.0. The van der Waals surface area contributed by atoms with Crippen LogP contribution in [-0.4, -0.2) is 5.78 Å². The first-order valence-electron chi connectivity index (χ1n) is 3.93. The fourth-order valence-corrected chi connectivity index (χ4v) is 1.52. The van der Waals surface area contributed by atoms with Crippen molar-refractivity contribution in [1.82, 2.24) is 0 Å². The zero-order valence-electron chi connectivity index (χ0n) is 7.47. The molecular formula is C10H10Cl2O. The van der Waals surface area contributed by atoms with Crippen LogP contribution in [0.5, 0.6) is 0 Å². The van der Waals surface area contributed by atoms with Gasteiger partial charge in [0.1, 0.15) is 5.38 Å². The lowest BCUT2D eigenvalue weighted by molar-refractivity contribution is -0.116. The highest BCUT2D eigenvalue weighted by molar-refractivity contribution is 6.32. The first-order chi connectivity index (χ1) is 6.02. The van der Waals surface area contributed by atoms with Gasteiger partial charge in [-0.3, -0.25) is 4.79 Å². The van der Waals surface area contributed by atoms with Crippen molar-refractivity contribution in [2.24, 2.45) is 0 Å². The fraction of sp³-hybridized carbons (Fsp3) is 0.300. The van der Waals surface area contributed by atoms with Crippen molar-refractivity contribution in [2.45, 2.75) is 19.2 Å². The molecule has 0 spiro atoms. The molecule has 1 unspecified atom stereocenters. The molecule has 1 aromatic carbocycles. The first kappa shape index (κ1) is 10.6. The number of hydrogen-bond acceptors (Lipinski definition) is 1. The number of Topliss-reactive ketones (excluding diaryl/α,β-unsaturated/α-hetero) is 1. The van der Waals surface area contributed by atoms with Crippen LogP contribution in [0.25, 0.3) is 0 Å². The van der Waals surface area contributed by atoms with Crippen LogP contribution < -0.4 is 0 Å². The summed E-state index contributed by atoms with van der Waals surface area (Å²) in [6.45, 7) is 3.38. The third-order valence-electron chi connectivity index (χ3n) is 1.87. The van der Waals surface area contributed by atoms with Crippen molar-refractivity contribution in [2.75, 3.05) is 0 Å². The lowest BCUT2D eigenvalue weighted by atomic mass is 10.0. The van der Waals surface area contributed by atoms with Crippen LogP contribution in [0.2, 0.25) is 5.02 Å². The molecule has 0 radical (unpaired) electrons. The van der Waals surface area contributed by atoms with Gasteiger partial charge in [0.25, 0.3) is 0 Å². The third-order valence-corrected chi connectivity index (χ3v) is 2.65. The lowest BCUT2D eigenvalue weighted by Crippen LogP contribution is -2.03. The molecule has 0 aliphatic rings. The minimum absolute atomic E-state index is 0.0629. The van der Waals surface area contributed by atoms with E-state index in [-0.39, 0.29) is 5.78 Å². The van der Waals surface area contributed by atoms with E-state index in [4.69, 9.17) is 23.2 Å². The Morgan fingerprint density at radius 2 is 2.08 bits per heavy atom. The van der Waals surface area contributed by atoms with Gasteiger partial charge >= 0.3 is 0 Å². The molecule has 0 amide bonds. The molecule has 3 heteroatoms. The maximum atomic E-state index is 11.0. The van der Waals surface area contributed by atoms with Gasteiger partial charge in [-0.15, -0.1) is 11.6 Å². The monoisotopic (exact) mass is 216 g/mol. The van der Waals surface area contributed by atoms with Crippen molar-refractivity contribution in [1.29, 1.82) is 0 Å². The molecule has 0 N–H and O–H groups in total. The fourth-order valence-electron chi connectivity index (χ4n) is 1.10. The van der Waals surface area contributed by atoms with E-state index in [0.717, 1.165) is 11.1 Å². The van der Waals surface area contributed by atoms with Crippen molar-refractivity contribution < 1.29 is 4.79 Å². The van der Waals surface area contributed by atoms with E-state index in [9.17, 15) is 4.79 Å². The van der Waals surface area contributed by atoms with Gasteiger partial charge in [0.15, 0.2) is 5.78 Å². The third kappa shape index (κ3) is 2.45. The molecule has 0 saturated heterocycles. The molecule has 0 aliphatic heterocycles. The van der Waals surface area contributed by atoms with Gasteiger partial charge in [0, 0.05) is 5.02 Å². The van der Waals surface area contributed by atoms with Crippen molar-refractivity contribution in [3.05, 3.63) is 34.3 Å². The Morgan fingerprint density at radius 1 is 1.46 bits per heavy atom. The summed E-state index contributed by atoms with van der Waals surface area (Å²) in [6.07, 6.45) is 0. The summed E-state index contributed by atoms with van der Waals surface area (Å²) in [6, 6.07) is 5.37. The molecule has 1 nitrogen and oxygen atoms in total. The van der Waals surface area contributed by atoms with Crippen LogP contribution in [0.3, 0.4) is 0 Å². The average molecular weight is 217 g/mol. The minimum Gasteiger partial charge on any atom is -0.298 e. The Labute approximate surface area is 87.7 Å². The van der Waals surface area contributed by atoms with E-state index in [1.54, 1.807) is 12.1 Å². The highest BCUT2D eigenvalue weighted by Crippen LogP contribution is 2.27. The number of halogens is 2. The van der Waals surface area contributed by atoms with Crippen LogP contribution in [0.15, 0.2) is 18.2 Å². The zero-order chi connectivity index (χ0) is 10.0. The average Bonchev–Trinajstić information content (AvgIpc) is 2.08. The molecule has 0 fully saturated rings. The van der Waals surface area contributed by atoms with E-state index >= 15 is 0 Å². The van der Waals surface area contributed by atoms with Gasteiger partial charge < -0.3 is 0 Å². The van der Waals surface area contributed by atoms with Gasteiger partial charge in [0.2, 0.25) is 0 Å². The Morgan fingerprint density at radius 3 is 2.62 bits per heavy atom. The Balaban J connectivity index is 3.12. The van der Waals surface area contributed by atoms with Crippen LogP contribution in [0.4, 0.5) is 0 Å². The summed E-state index contributed by atoms with van der Waals surface area (Å²) in [5.74, 6) is -0.0629. The second-order valence-electron chi connectivity index (χ2n) is 2.97. The molecule has 0 heterocycles. The van der Waals surface area contributed by atoms with Crippen LogP contribution in [-0.2, 0) is 4.79 Å². The van der Waals surface area contributed by atoms with Gasteiger partial charge in [-0.25, -0.2) is 0 Å². The van der Waals surface area contributed by atoms with E-state index in [0.29, 0.717) is 5.02 Å². The number of carbonyl (C=O) groups excluding carboxylic acids is 1. The molecule has 13 heavy (non-hydrogen) atoms. The maximum absolute atomic E-state index is 11.0. The first-order valence-corrected chi connectivity index (χ1v) is 4.74. The number of hydrogen-bond donors (Lipinski definition) is 0. The topological polar surface area (TPSA) is 17.1 Å². The van der Waals surface area contributed by atoms with E-state index in [2.05, 4.69) is 0 Å². The van der Waals surface area contributed by atoms with Crippen molar-refractivity contribution in [3.63, 3.8) is 0 Å². The van der Waals surface area contributed by atoms with E-state index in [1.807, 2.05) is 13.0 Å². The molecule has 0 bridgehead atoms. The summed E-state index contributed by atoms with van der Waals surface area (Å²) in [5, 5.41) is 0.0196. The quantitative estimate of drug-likeness (QED) is 0.692. The molecule has 70 valence electrons. The normalized spacial score (nSPS) is 12.6. The number of ketones is 1. The van der Waals surface area contributed by atoms with E-state index < -0.39 is 5.38 Å². The second kappa shape index (κ2) is 4.12.